The maximum Gasteiger partial charge on any atom is 0.211 e. The number of ether oxygens (including phenoxy) is 1. The molecule has 0 bridgehead atoms. The number of nitrogens with one attached hydrogen (secondary N) is 1. The summed E-state index contributed by atoms with van der Waals surface area (Å²) in [5.41, 5.74) is 0.143. The molecule has 0 atom stereocenters. The third-order valence-corrected chi connectivity index (χ3v) is 4.52. The Morgan fingerprint density at radius 3 is 2.04 bits per heavy atom. The van der Waals surface area contributed by atoms with Crippen molar-refractivity contribution in [3.63, 3.8) is 0 Å². The van der Waals surface area contributed by atoms with Crippen LogP contribution in [0.3, 0.4) is 0 Å². The predicted octanol–water partition coefficient (Wildman–Crippen LogP) is 4.12. The van der Waals surface area contributed by atoms with E-state index in [0.717, 1.165) is 0 Å². The molecule has 0 aliphatic heterocycles. The molecule has 5 nitrogen and oxygen atoms in total. The van der Waals surface area contributed by atoms with Gasteiger partial charge < -0.3 is 10.1 Å². The summed E-state index contributed by atoms with van der Waals surface area (Å²) in [6, 6.07) is 22.0. The van der Waals surface area contributed by atoms with Crippen LogP contribution in [0, 0.1) is 44.8 Å². The van der Waals surface area contributed by atoms with Gasteiger partial charge >= 0.3 is 0 Å². The van der Waals surface area contributed by atoms with E-state index in [1.807, 2.05) is 24.3 Å². The minimum absolute atomic E-state index is 0.0166. The van der Waals surface area contributed by atoms with E-state index in [4.69, 9.17) is 10.1 Å². The first-order valence-electron chi connectivity index (χ1n) is 8.09. The van der Waals surface area contributed by atoms with Crippen LogP contribution in [0.4, 0.5) is 0 Å². The minimum atomic E-state index is -1.83. The Balaban J connectivity index is 2.31. The van der Waals surface area contributed by atoms with Crippen LogP contribution in [0.1, 0.15) is 11.1 Å². The maximum atomic E-state index is 9.78. The fraction of sp³-hybridized carbons (Fsp3) is 0.0909. The quantitative estimate of drug-likeness (QED) is 0.898. The first-order valence-corrected chi connectivity index (χ1v) is 8.09. The van der Waals surface area contributed by atoms with Crippen LogP contribution >= 0.6 is 0 Å². The van der Waals surface area contributed by atoms with Gasteiger partial charge in [-0.15, -0.1) is 0 Å². The molecule has 1 aliphatic rings. The van der Waals surface area contributed by atoms with Crippen LogP contribution in [-0.4, -0.2) is 12.8 Å². The fourth-order valence-electron chi connectivity index (χ4n) is 3.07. The Morgan fingerprint density at radius 1 is 0.889 bits per heavy atom. The third kappa shape index (κ3) is 2.76. The SMILES string of the molecule is COc1ccc(C2=C(C#N)C(=N)C(C#N)(C#N)C(c3ccccc3)=C2)cc1. The molecule has 0 radical (unpaired) electrons. The van der Waals surface area contributed by atoms with Crippen molar-refractivity contribution in [3.8, 4) is 24.0 Å². The van der Waals surface area contributed by atoms with Crippen molar-refractivity contribution >= 4 is 16.9 Å². The van der Waals surface area contributed by atoms with E-state index in [2.05, 4.69) is 0 Å². The summed E-state index contributed by atoms with van der Waals surface area (Å²) in [6.07, 6.45) is 1.67. The highest BCUT2D eigenvalue weighted by atomic mass is 16.5. The number of methoxy groups -OCH3 is 1. The largest absolute Gasteiger partial charge is 0.497 e. The number of rotatable bonds is 3. The van der Waals surface area contributed by atoms with E-state index >= 15 is 0 Å². The molecule has 0 unspecified atom stereocenters. The van der Waals surface area contributed by atoms with Gasteiger partial charge in [-0.1, -0.05) is 42.5 Å². The summed E-state index contributed by atoms with van der Waals surface area (Å²) in [6.45, 7) is 0. The molecule has 0 fully saturated rings. The normalized spacial score (nSPS) is 15.2. The third-order valence-electron chi connectivity index (χ3n) is 4.52. The predicted molar refractivity (Wildman–Crippen MR) is 101 cm³/mol. The smallest absolute Gasteiger partial charge is 0.211 e. The lowest BCUT2D eigenvalue weighted by atomic mass is 9.68. The Morgan fingerprint density at radius 2 is 1.52 bits per heavy atom. The Kier molecular flexibility index (Phi) is 4.58. The Labute approximate surface area is 157 Å². The summed E-state index contributed by atoms with van der Waals surface area (Å²) in [7, 11) is 1.56. The second-order valence-corrected chi connectivity index (χ2v) is 5.90. The first kappa shape index (κ1) is 17.7. The van der Waals surface area contributed by atoms with Crippen molar-refractivity contribution in [1.29, 1.82) is 21.2 Å². The average Bonchev–Trinajstić information content (AvgIpc) is 2.74. The molecule has 0 amide bonds. The Bertz CT molecular complexity index is 1070. The van der Waals surface area contributed by atoms with Gasteiger partial charge in [-0.2, -0.15) is 15.8 Å². The topological polar surface area (TPSA) is 104 Å². The summed E-state index contributed by atoms with van der Waals surface area (Å²) in [4.78, 5) is 0. The van der Waals surface area contributed by atoms with E-state index in [-0.39, 0.29) is 11.3 Å². The molecule has 27 heavy (non-hydrogen) atoms. The van der Waals surface area contributed by atoms with Crippen LogP contribution in [0.25, 0.3) is 11.1 Å². The molecule has 2 aromatic carbocycles. The lowest BCUT2D eigenvalue weighted by Gasteiger charge is -2.29. The molecule has 0 aromatic heterocycles. The number of hydrogen-bond acceptors (Lipinski definition) is 5. The summed E-state index contributed by atoms with van der Waals surface area (Å²) < 4.78 is 5.16. The standard InChI is InChI=1S/C22H14N4O/c1-27-17-9-7-15(8-10-17)18-11-20(16-5-3-2-4-6-16)22(13-24,14-25)21(26)19(18)12-23/h2-11,26H,1H3. The monoisotopic (exact) mass is 350 g/mol. The molecule has 3 rings (SSSR count). The summed E-state index contributed by atoms with van der Waals surface area (Å²) >= 11 is 0. The average molecular weight is 350 g/mol. The van der Waals surface area contributed by atoms with Crippen molar-refractivity contribution in [3.05, 3.63) is 77.4 Å². The summed E-state index contributed by atoms with van der Waals surface area (Å²) in [5, 5.41) is 37.7. The molecule has 5 heteroatoms. The van der Waals surface area contributed by atoms with E-state index in [0.29, 0.717) is 28.0 Å². The van der Waals surface area contributed by atoms with E-state index in [1.165, 1.54) is 0 Å². The number of nitrogens with zero attached hydrogens (tertiary/aromatic N) is 3. The molecule has 128 valence electrons. The zero-order valence-corrected chi connectivity index (χ0v) is 14.5. The lowest BCUT2D eigenvalue weighted by molar-refractivity contribution is 0.415. The van der Waals surface area contributed by atoms with Crippen molar-refractivity contribution in [2.24, 2.45) is 5.41 Å². The van der Waals surface area contributed by atoms with Gasteiger partial charge in [-0.25, -0.2) is 0 Å². The van der Waals surface area contributed by atoms with Gasteiger partial charge in [0.25, 0.3) is 0 Å². The van der Waals surface area contributed by atoms with Crippen molar-refractivity contribution in [2.75, 3.05) is 7.11 Å². The highest BCUT2D eigenvalue weighted by Gasteiger charge is 2.45. The van der Waals surface area contributed by atoms with Gasteiger partial charge in [0.1, 0.15) is 11.8 Å². The van der Waals surface area contributed by atoms with Gasteiger partial charge in [0.2, 0.25) is 5.41 Å². The van der Waals surface area contributed by atoms with Crippen molar-refractivity contribution in [1.82, 2.24) is 0 Å². The van der Waals surface area contributed by atoms with Gasteiger partial charge in [-0.05, 0) is 29.3 Å². The lowest BCUT2D eigenvalue weighted by Crippen LogP contribution is -2.33. The first-order chi connectivity index (χ1) is 13.1. The van der Waals surface area contributed by atoms with Gasteiger partial charge in [-0.3, -0.25) is 0 Å². The van der Waals surface area contributed by atoms with Crippen LogP contribution in [0.5, 0.6) is 5.75 Å². The number of benzene rings is 2. The van der Waals surface area contributed by atoms with Gasteiger partial charge in [0, 0.05) is 11.1 Å². The van der Waals surface area contributed by atoms with Crippen LogP contribution in [0.2, 0.25) is 0 Å². The highest BCUT2D eigenvalue weighted by Crippen LogP contribution is 2.44. The number of nitriles is 3. The number of allylic oxidation sites excluding steroid dienone is 4. The molecular weight excluding hydrogens is 336 g/mol. The van der Waals surface area contributed by atoms with Gasteiger partial charge in [0.15, 0.2) is 0 Å². The highest BCUT2D eigenvalue weighted by molar-refractivity contribution is 6.24. The molecule has 1 aliphatic carbocycles. The van der Waals surface area contributed by atoms with Crippen molar-refractivity contribution in [2.45, 2.75) is 0 Å². The zero-order chi connectivity index (χ0) is 19.4. The van der Waals surface area contributed by atoms with Crippen molar-refractivity contribution < 1.29 is 4.74 Å². The second-order valence-electron chi connectivity index (χ2n) is 5.90. The van der Waals surface area contributed by atoms with Crippen LogP contribution in [-0.2, 0) is 0 Å². The van der Waals surface area contributed by atoms with Crippen LogP contribution < -0.4 is 4.74 Å². The van der Waals surface area contributed by atoms with E-state index in [1.54, 1.807) is 61.7 Å². The fourth-order valence-corrected chi connectivity index (χ4v) is 3.07. The van der Waals surface area contributed by atoms with Crippen LogP contribution in [0.15, 0.2) is 66.2 Å². The minimum Gasteiger partial charge on any atom is -0.497 e. The molecular formula is C22H14N4O. The number of hydrogen-bond donors (Lipinski definition) is 1. The molecule has 2 aromatic rings. The van der Waals surface area contributed by atoms with Gasteiger partial charge in [0.05, 0.1) is 30.5 Å². The maximum absolute atomic E-state index is 9.78. The molecule has 0 heterocycles. The molecule has 0 spiro atoms. The molecule has 1 N–H and O–H groups in total. The Hall–Kier alpha value is -4.14. The van der Waals surface area contributed by atoms with E-state index < -0.39 is 5.41 Å². The second kappa shape index (κ2) is 7.00. The zero-order valence-electron chi connectivity index (χ0n) is 14.5. The molecule has 0 saturated carbocycles. The molecule has 0 saturated heterocycles. The van der Waals surface area contributed by atoms with E-state index in [9.17, 15) is 15.8 Å². The summed E-state index contributed by atoms with van der Waals surface area (Å²) in [5.74, 6) is 0.666.